The molecule has 0 saturated heterocycles. The Morgan fingerprint density at radius 1 is 1.07 bits per heavy atom. The summed E-state index contributed by atoms with van der Waals surface area (Å²) in [4.78, 5) is 19.3. The van der Waals surface area contributed by atoms with Crippen LogP contribution in [0.3, 0.4) is 0 Å². The van der Waals surface area contributed by atoms with E-state index in [9.17, 15) is 13.2 Å². The van der Waals surface area contributed by atoms with Crippen LogP contribution in [0.5, 0.6) is 0 Å². The minimum atomic E-state index is -3.64. The third kappa shape index (κ3) is 4.82. The van der Waals surface area contributed by atoms with Gasteiger partial charge in [0.05, 0.1) is 16.6 Å². The fraction of sp³-hybridized carbons (Fsp3) is 0.130. The molecule has 1 amide bonds. The normalized spacial score (nSPS) is 12.2. The van der Waals surface area contributed by atoms with E-state index in [4.69, 9.17) is 0 Å². The van der Waals surface area contributed by atoms with Crippen LogP contribution in [0.2, 0.25) is 0 Å². The quantitative estimate of drug-likeness (QED) is 0.566. The molecule has 7 heteroatoms. The number of rotatable bonds is 8. The summed E-state index contributed by atoms with van der Waals surface area (Å²) < 4.78 is 26.9. The van der Waals surface area contributed by atoms with E-state index in [1.165, 1.54) is 30.3 Å². The molecule has 0 aliphatic carbocycles. The number of amides is 1. The topological polar surface area (TPSA) is 79.4 Å². The van der Waals surface area contributed by atoms with Crippen molar-refractivity contribution in [3.63, 3.8) is 0 Å². The standard InChI is InChI=1S/C23H23N3O3S/c1-3-16-25-30(28,29)20-14-12-19(13-15-20)23(27)26(2)22(18-9-5-4-6-10-18)21-11-7-8-17-24-21/h3-15,17,22,25H,1,16H2,2H3. The fourth-order valence-electron chi connectivity index (χ4n) is 3.12. The Hall–Kier alpha value is -3.29. The van der Waals surface area contributed by atoms with Gasteiger partial charge < -0.3 is 4.90 Å². The van der Waals surface area contributed by atoms with E-state index < -0.39 is 10.0 Å². The summed E-state index contributed by atoms with van der Waals surface area (Å²) in [5.41, 5.74) is 2.06. The number of carbonyl (C=O) groups is 1. The van der Waals surface area contributed by atoms with Crippen molar-refractivity contribution in [3.8, 4) is 0 Å². The Bertz CT molecular complexity index is 1060. The number of nitrogens with one attached hydrogen (secondary N) is 1. The van der Waals surface area contributed by atoms with Crippen LogP contribution in [0, 0.1) is 0 Å². The molecule has 3 rings (SSSR count). The van der Waals surface area contributed by atoms with Gasteiger partial charge in [-0.3, -0.25) is 9.78 Å². The van der Waals surface area contributed by atoms with Gasteiger partial charge in [0.15, 0.2) is 0 Å². The molecule has 1 unspecified atom stereocenters. The van der Waals surface area contributed by atoms with Crippen molar-refractivity contribution < 1.29 is 13.2 Å². The van der Waals surface area contributed by atoms with Gasteiger partial charge in [-0.2, -0.15) is 0 Å². The van der Waals surface area contributed by atoms with Crippen LogP contribution in [0.25, 0.3) is 0 Å². The SMILES string of the molecule is C=CCNS(=O)(=O)c1ccc(C(=O)N(C)C(c2ccccc2)c2ccccn2)cc1. The lowest BCUT2D eigenvalue weighted by molar-refractivity contribution is 0.0752. The maximum Gasteiger partial charge on any atom is 0.254 e. The highest BCUT2D eigenvalue weighted by Gasteiger charge is 2.25. The van der Waals surface area contributed by atoms with Crippen molar-refractivity contribution in [1.29, 1.82) is 0 Å². The average molecular weight is 422 g/mol. The molecule has 3 aromatic rings. The molecule has 1 N–H and O–H groups in total. The van der Waals surface area contributed by atoms with E-state index in [2.05, 4.69) is 16.3 Å². The average Bonchev–Trinajstić information content (AvgIpc) is 2.79. The first-order valence-electron chi connectivity index (χ1n) is 9.37. The van der Waals surface area contributed by atoms with Gasteiger partial charge in [0.1, 0.15) is 0 Å². The molecule has 0 fully saturated rings. The summed E-state index contributed by atoms with van der Waals surface area (Å²) in [7, 11) is -1.93. The van der Waals surface area contributed by atoms with E-state index in [1.807, 2.05) is 48.5 Å². The molecule has 1 aromatic heterocycles. The van der Waals surface area contributed by atoms with E-state index in [-0.39, 0.29) is 23.4 Å². The van der Waals surface area contributed by atoms with Crippen LogP contribution in [0.1, 0.15) is 27.7 Å². The Morgan fingerprint density at radius 3 is 2.33 bits per heavy atom. The molecule has 30 heavy (non-hydrogen) atoms. The molecule has 0 radical (unpaired) electrons. The van der Waals surface area contributed by atoms with Crippen LogP contribution in [0.15, 0.2) is 96.5 Å². The van der Waals surface area contributed by atoms with Crippen molar-refractivity contribution in [3.05, 3.63) is 108 Å². The highest BCUT2D eigenvalue weighted by atomic mass is 32.2. The molecule has 0 saturated carbocycles. The largest absolute Gasteiger partial charge is 0.329 e. The van der Waals surface area contributed by atoms with Crippen LogP contribution in [0.4, 0.5) is 0 Å². The number of benzene rings is 2. The monoisotopic (exact) mass is 421 g/mol. The van der Waals surface area contributed by atoms with Gasteiger partial charge in [-0.15, -0.1) is 6.58 Å². The summed E-state index contributed by atoms with van der Waals surface area (Å²) >= 11 is 0. The summed E-state index contributed by atoms with van der Waals surface area (Å²) in [6, 6.07) is 20.7. The summed E-state index contributed by atoms with van der Waals surface area (Å²) in [5.74, 6) is -0.238. The highest BCUT2D eigenvalue weighted by Crippen LogP contribution is 2.27. The van der Waals surface area contributed by atoms with Crippen LogP contribution < -0.4 is 4.72 Å². The van der Waals surface area contributed by atoms with Crippen LogP contribution in [-0.2, 0) is 10.0 Å². The van der Waals surface area contributed by atoms with E-state index in [0.717, 1.165) is 11.3 Å². The van der Waals surface area contributed by atoms with Gasteiger partial charge in [-0.05, 0) is 42.0 Å². The molecule has 0 aliphatic rings. The number of hydrogen-bond donors (Lipinski definition) is 1. The first-order valence-corrected chi connectivity index (χ1v) is 10.9. The first-order chi connectivity index (χ1) is 14.4. The molecule has 2 aromatic carbocycles. The second-order valence-corrected chi connectivity index (χ2v) is 8.42. The van der Waals surface area contributed by atoms with Gasteiger partial charge in [-0.1, -0.05) is 42.5 Å². The summed E-state index contributed by atoms with van der Waals surface area (Å²) in [5, 5.41) is 0. The van der Waals surface area contributed by atoms with Crippen LogP contribution in [-0.4, -0.2) is 37.8 Å². The molecule has 0 aliphatic heterocycles. The van der Waals surface area contributed by atoms with Gasteiger partial charge in [0.2, 0.25) is 10.0 Å². The van der Waals surface area contributed by atoms with Gasteiger partial charge in [0.25, 0.3) is 5.91 Å². The number of nitrogens with zero attached hydrogens (tertiary/aromatic N) is 2. The van der Waals surface area contributed by atoms with Crippen LogP contribution >= 0.6 is 0 Å². The number of aromatic nitrogens is 1. The molecule has 1 atom stereocenters. The predicted octanol–water partition coefficient (Wildman–Crippen LogP) is 3.41. The molecular formula is C23H23N3O3S. The molecule has 6 nitrogen and oxygen atoms in total. The second kappa shape index (κ2) is 9.47. The highest BCUT2D eigenvalue weighted by molar-refractivity contribution is 7.89. The minimum absolute atomic E-state index is 0.0906. The molecular weight excluding hydrogens is 398 g/mol. The van der Waals surface area contributed by atoms with Crippen molar-refractivity contribution in [1.82, 2.24) is 14.6 Å². The van der Waals surface area contributed by atoms with E-state index in [0.29, 0.717) is 5.56 Å². The number of pyridine rings is 1. The van der Waals surface area contributed by atoms with Crippen molar-refractivity contribution in [2.75, 3.05) is 13.6 Å². The fourth-order valence-corrected chi connectivity index (χ4v) is 4.11. The number of sulfonamides is 1. The molecule has 0 bridgehead atoms. The maximum atomic E-state index is 13.2. The van der Waals surface area contributed by atoms with Crippen molar-refractivity contribution >= 4 is 15.9 Å². The number of carbonyl (C=O) groups excluding carboxylic acids is 1. The van der Waals surface area contributed by atoms with Crippen molar-refractivity contribution in [2.24, 2.45) is 0 Å². The predicted molar refractivity (Wildman–Crippen MR) is 116 cm³/mol. The minimum Gasteiger partial charge on any atom is -0.329 e. The third-order valence-electron chi connectivity index (χ3n) is 4.62. The summed E-state index contributed by atoms with van der Waals surface area (Å²) in [6.07, 6.45) is 3.16. The lowest BCUT2D eigenvalue weighted by Crippen LogP contribution is -2.32. The Kier molecular flexibility index (Phi) is 6.76. The van der Waals surface area contributed by atoms with Crippen molar-refractivity contribution in [2.45, 2.75) is 10.9 Å². The number of hydrogen-bond acceptors (Lipinski definition) is 4. The van der Waals surface area contributed by atoms with E-state index in [1.54, 1.807) is 18.1 Å². The smallest absolute Gasteiger partial charge is 0.254 e. The van der Waals surface area contributed by atoms with Gasteiger partial charge in [-0.25, -0.2) is 13.1 Å². The Balaban J connectivity index is 1.90. The maximum absolute atomic E-state index is 13.2. The zero-order valence-electron chi connectivity index (χ0n) is 16.6. The van der Waals surface area contributed by atoms with E-state index >= 15 is 0 Å². The molecule has 0 spiro atoms. The lowest BCUT2D eigenvalue weighted by Gasteiger charge is -2.28. The third-order valence-corrected chi connectivity index (χ3v) is 6.06. The molecule has 154 valence electrons. The zero-order valence-corrected chi connectivity index (χ0v) is 17.4. The zero-order chi connectivity index (χ0) is 21.6. The molecule has 1 heterocycles. The Labute approximate surface area is 176 Å². The lowest BCUT2D eigenvalue weighted by atomic mass is 10.0. The Morgan fingerprint density at radius 2 is 1.73 bits per heavy atom. The first kappa shape index (κ1) is 21.4. The van der Waals surface area contributed by atoms with Gasteiger partial charge in [0, 0.05) is 25.4 Å². The van der Waals surface area contributed by atoms with Gasteiger partial charge >= 0.3 is 0 Å². The second-order valence-electron chi connectivity index (χ2n) is 6.65. The summed E-state index contributed by atoms with van der Waals surface area (Å²) in [6.45, 7) is 3.63.